The number of alkyl halides is 11. The minimum Gasteiger partial charge on any atom is -0.396 e. The summed E-state index contributed by atoms with van der Waals surface area (Å²) in [5.74, 6) is -13.1. The molecule has 0 unspecified atom stereocenters. The van der Waals surface area contributed by atoms with Gasteiger partial charge in [-0.2, -0.15) is 43.9 Å². The Morgan fingerprint density at radius 2 is 1.00 bits per heavy atom. The monoisotopic (exact) mass is 328 g/mol. The van der Waals surface area contributed by atoms with Crippen LogP contribution in [0, 0.1) is 0 Å². The Kier molecular flexibility index (Phi) is 4.98. The minimum absolute atomic E-state index is 1.21. The lowest BCUT2D eigenvalue weighted by molar-refractivity contribution is -0.427. The molecule has 0 rings (SSSR count). The van der Waals surface area contributed by atoms with Gasteiger partial charge in [0.15, 0.2) is 0 Å². The first-order valence-corrected chi connectivity index (χ1v) is 4.75. The highest BCUT2D eigenvalue weighted by Crippen LogP contribution is 2.59. The molecule has 1 nitrogen and oxygen atoms in total. The van der Waals surface area contributed by atoms with Crippen molar-refractivity contribution in [2.24, 2.45) is 0 Å². The van der Waals surface area contributed by atoms with Gasteiger partial charge in [0, 0.05) is 13.0 Å². The van der Waals surface area contributed by atoms with Crippen LogP contribution in [-0.4, -0.2) is 41.6 Å². The van der Waals surface area contributed by atoms with Crippen molar-refractivity contribution >= 4 is 0 Å². The summed E-state index contributed by atoms with van der Waals surface area (Å²) >= 11 is 0. The molecule has 0 aliphatic carbocycles. The summed E-state index contributed by atoms with van der Waals surface area (Å²) in [6.45, 7) is -1.21. The van der Waals surface area contributed by atoms with E-state index in [1.165, 1.54) is 0 Å². The zero-order valence-electron chi connectivity index (χ0n) is 9.23. The van der Waals surface area contributed by atoms with E-state index in [1.807, 2.05) is 0 Å². The van der Waals surface area contributed by atoms with Gasteiger partial charge in [-0.3, -0.25) is 0 Å². The van der Waals surface area contributed by atoms with Gasteiger partial charge in [0.05, 0.1) is 0 Å². The second kappa shape index (κ2) is 5.19. The Balaban J connectivity index is 5.94. The van der Waals surface area contributed by atoms with Gasteiger partial charge in [-0.1, -0.05) is 0 Å². The third kappa shape index (κ3) is 2.79. The Hall–Kier alpha value is -0.810. The predicted octanol–water partition coefficient (Wildman–Crippen LogP) is 3.86. The van der Waals surface area contributed by atoms with Crippen LogP contribution in [0.2, 0.25) is 0 Å². The molecule has 0 heterocycles. The van der Waals surface area contributed by atoms with Crippen LogP contribution in [-0.2, 0) is 0 Å². The Morgan fingerprint density at radius 1 is 0.650 bits per heavy atom. The van der Waals surface area contributed by atoms with Gasteiger partial charge < -0.3 is 5.11 Å². The average Bonchev–Trinajstić information content (AvgIpc) is 2.21. The molecular weight excluding hydrogens is 321 g/mol. The maximum absolute atomic E-state index is 13.0. The van der Waals surface area contributed by atoms with Crippen LogP contribution in [0.25, 0.3) is 0 Å². The van der Waals surface area contributed by atoms with Crippen LogP contribution in [0.15, 0.2) is 0 Å². The molecule has 0 fully saturated rings. The molecule has 0 aromatic rings. The number of rotatable bonds is 5. The number of halogens is 11. The van der Waals surface area contributed by atoms with E-state index in [-0.39, 0.29) is 0 Å². The molecule has 0 bridgehead atoms. The predicted molar refractivity (Wildman–Crippen MR) is 42.2 cm³/mol. The third-order valence-electron chi connectivity index (χ3n) is 2.32. The summed E-state index contributed by atoms with van der Waals surface area (Å²) in [4.78, 5) is 0. The molecule has 0 amide bonds. The molecule has 1 N–H and O–H groups in total. The van der Waals surface area contributed by atoms with Gasteiger partial charge in [-0.05, 0) is 6.42 Å². The largest absolute Gasteiger partial charge is 0.438 e. The van der Waals surface area contributed by atoms with Crippen LogP contribution in [0.4, 0.5) is 48.3 Å². The number of hydrogen-bond donors (Lipinski definition) is 1. The lowest BCUT2D eigenvalue weighted by atomic mass is 9.89. The molecule has 0 aromatic carbocycles. The van der Waals surface area contributed by atoms with E-state index in [4.69, 9.17) is 5.11 Å². The molecule has 20 heavy (non-hydrogen) atoms. The first-order valence-electron chi connectivity index (χ1n) is 4.75. The summed E-state index contributed by atoms with van der Waals surface area (Å²) in [6.07, 6.45) is -18.1. The molecule has 12 heteroatoms. The fraction of sp³-hybridized carbons (Fsp3) is 1.00. The lowest BCUT2D eigenvalue weighted by Gasteiger charge is -2.39. The summed E-state index contributed by atoms with van der Waals surface area (Å²) in [5.41, 5.74) is -7.41. The number of aliphatic hydroxyl groups is 1. The van der Waals surface area contributed by atoms with E-state index in [0.29, 0.717) is 0 Å². The fourth-order valence-corrected chi connectivity index (χ4v) is 1.23. The standard InChI is InChI=1S/C8H7F11O/c9-4(10,2-1-3-20)6(12,13)5(11,7(14,15)16)8(17,18)19/h20H,1-3H2. The molecule has 0 saturated carbocycles. The number of aliphatic hydroxyl groups excluding tert-OH is 1. The normalized spacial score (nSPS) is 15.6. The van der Waals surface area contributed by atoms with Crippen molar-refractivity contribution in [2.75, 3.05) is 6.61 Å². The van der Waals surface area contributed by atoms with Gasteiger partial charge >= 0.3 is 29.9 Å². The van der Waals surface area contributed by atoms with Crippen LogP contribution in [0.3, 0.4) is 0 Å². The third-order valence-corrected chi connectivity index (χ3v) is 2.32. The van der Waals surface area contributed by atoms with Crippen molar-refractivity contribution in [2.45, 2.75) is 42.7 Å². The second-order valence-electron chi connectivity index (χ2n) is 3.76. The molecule has 0 aliphatic heterocycles. The lowest BCUT2D eigenvalue weighted by Crippen LogP contribution is -2.70. The van der Waals surface area contributed by atoms with Crippen molar-refractivity contribution in [1.29, 1.82) is 0 Å². The van der Waals surface area contributed by atoms with Crippen LogP contribution in [0.1, 0.15) is 12.8 Å². The highest BCUT2D eigenvalue weighted by Gasteiger charge is 2.89. The first kappa shape index (κ1) is 19.2. The van der Waals surface area contributed by atoms with Gasteiger partial charge in [0.25, 0.3) is 0 Å². The minimum atomic E-state index is -7.41. The van der Waals surface area contributed by atoms with Crippen molar-refractivity contribution in [1.82, 2.24) is 0 Å². The molecule has 0 aliphatic rings. The first-order chi connectivity index (χ1) is 8.56. The quantitative estimate of drug-likeness (QED) is 0.760. The maximum Gasteiger partial charge on any atom is 0.438 e. The van der Waals surface area contributed by atoms with Crippen molar-refractivity contribution < 1.29 is 53.4 Å². The SMILES string of the molecule is OCCCC(F)(F)C(F)(F)C(F)(C(F)(F)F)C(F)(F)F. The molecule has 0 aromatic heterocycles. The van der Waals surface area contributed by atoms with E-state index < -0.39 is 49.3 Å². The summed E-state index contributed by atoms with van der Waals surface area (Å²) in [7, 11) is 0. The van der Waals surface area contributed by atoms with Crippen LogP contribution >= 0.6 is 0 Å². The van der Waals surface area contributed by atoms with Crippen molar-refractivity contribution in [3.63, 3.8) is 0 Å². The Bertz CT molecular complexity index is 314. The van der Waals surface area contributed by atoms with Crippen molar-refractivity contribution in [3.05, 3.63) is 0 Å². The smallest absolute Gasteiger partial charge is 0.396 e. The van der Waals surface area contributed by atoms with Gasteiger partial charge in [-0.15, -0.1) is 0 Å². The van der Waals surface area contributed by atoms with Gasteiger partial charge in [0.2, 0.25) is 0 Å². The van der Waals surface area contributed by atoms with Crippen LogP contribution < -0.4 is 0 Å². The fourth-order valence-electron chi connectivity index (χ4n) is 1.23. The molecule has 122 valence electrons. The topological polar surface area (TPSA) is 20.2 Å². The summed E-state index contributed by atoms with van der Waals surface area (Å²) in [5, 5.41) is 8.10. The average molecular weight is 328 g/mol. The summed E-state index contributed by atoms with van der Waals surface area (Å²) in [6, 6.07) is 0. The van der Waals surface area contributed by atoms with E-state index >= 15 is 0 Å². The zero-order chi connectivity index (χ0) is 16.6. The Labute approximate surface area is 104 Å². The van der Waals surface area contributed by atoms with Crippen molar-refractivity contribution in [3.8, 4) is 0 Å². The van der Waals surface area contributed by atoms with Crippen LogP contribution in [0.5, 0.6) is 0 Å². The zero-order valence-corrected chi connectivity index (χ0v) is 9.23. The van der Waals surface area contributed by atoms with Gasteiger partial charge in [0.1, 0.15) is 0 Å². The summed E-state index contributed by atoms with van der Waals surface area (Å²) < 4.78 is 136. The highest BCUT2D eigenvalue weighted by molar-refractivity contribution is 5.10. The number of hydrogen-bond acceptors (Lipinski definition) is 1. The molecule has 0 saturated heterocycles. The molecular formula is C8H7F11O. The molecule has 0 atom stereocenters. The van der Waals surface area contributed by atoms with E-state index in [2.05, 4.69) is 0 Å². The highest BCUT2D eigenvalue weighted by atomic mass is 19.4. The molecule has 0 spiro atoms. The van der Waals surface area contributed by atoms with Gasteiger partial charge in [-0.25, -0.2) is 4.39 Å². The maximum atomic E-state index is 13.0. The van der Waals surface area contributed by atoms with E-state index in [1.54, 1.807) is 0 Å². The second-order valence-corrected chi connectivity index (χ2v) is 3.76. The van der Waals surface area contributed by atoms with E-state index in [9.17, 15) is 48.3 Å². The van der Waals surface area contributed by atoms with E-state index in [0.717, 1.165) is 0 Å². The Morgan fingerprint density at radius 3 is 1.25 bits per heavy atom. The molecule has 0 radical (unpaired) electrons.